The molecule has 1 saturated carbocycles. The Hall–Kier alpha value is -3.77. The van der Waals surface area contributed by atoms with Crippen LogP contribution in [0.5, 0.6) is 0 Å². The van der Waals surface area contributed by atoms with E-state index in [9.17, 15) is 19.8 Å². The molecule has 4 saturated heterocycles. The highest BCUT2D eigenvalue weighted by Gasteiger charge is 2.60. The van der Waals surface area contributed by atoms with Gasteiger partial charge in [-0.05, 0) is 106 Å². The second kappa shape index (κ2) is 23.0. The number of aliphatic hydroxyl groups is 2. The third-order valence-corrected chi connectivity index (χ3v) is 16.2. The van der Waals surface area contributed by atoms with Gasteiger partial charge in [-0.15, -0.1) is 0 Å². The summed E-state index contributed by atoms with van der Waals surface area (Å²) in [6.45, 7) is 16.9. The van der Waals surface area contributed by atoms with Crippen LogP contribution in [0.1, 0.15) is 125 Å². The zero-order chi connectivity index (χ0) is 49.7. The van der Waals surface area contributed by atoms with Gasteiger partial charge in [0.05, 0.1) is 37.1 Å². The topological polar surface area (TPSA) is 176 Å². The molecule has 15 nitrogen and oxygen atoms in total. The van der Waals surface area contributed by atoms with Crippen molar-refractivity contribution < 1.29 is 57.8 Å². The minimum absolute atomic E-state index is 0.0275. The number of oxime groups is 1. The van der Waals surface area contributed by atoms with Gasteiger partial charge >= 0.3 is 12.1 Å². The van der Waals surface area contributed by atoms with E-state index in [1.165, 1.54) is 19.3 Å². The molecule has 3 N–H and O–H groups in total. The molecule has 14 atom stereocenters. The summed E-state index contributed by atoms with van der Waals surface area (Å²) < 4.78 is 45.8. The monoisotopic (exact) mass is 974 g/mol. The van der Waals surface area contributed by atoms with E-state index >= 15 is 0 Å². The number of ether oxygens (including phenoxy) is 7. The van der Waals surface area contributed by atoms with Crippen LogP contribution < -0.4 is 5.32 Å². The molecule has 5 aliphatic heterocycles. The number of aliphatic hydroxyl groups excluding tert-OH is 1. The maximum absolute atomic E-state index is 14.9. The highest BCUT2D eigenvalue weighted by molar-refractivity contribution is 6.07. The molecule has 1 amide bonds. The minimum atomic E-state index is -1.94. The van der Waals surface area contributed by atoms with E-state index in [4.69, 9.17) is 38.0 Å². The Kier molecular flexibility index (Phi) is 17.2. The molecule has 8 rings (SSSR count). The summed E-state index contributed by atoms with van der Waals surface area (Å²) in [4.78, 5) is 35.8. The molecule has 5 fully saturated rings. The standard InChI is InChI=1S/C55H79N3O12/c1-9-58(10-2)31-38-20-22-41(23-21-38)56-53(61)70-57-47-36(6)27-44-52(60)66-43-28-42(68-54(30-43)26-25-35(5)50(69-54)39-16-12-11-13-17-39)24-19-34(4)49(67-46-29-45(63-8)48(59)37(7)65-46)33(3)15-14-18-40-32-64-51(47)55(40,44)62/h14-15,18-23,27,33,35,37,39,42-46,48-51,59,62H,9-13,16-17,24-26,28-32H2,1-8H3,(H,56,61)/b15-14+,34-19+,40-18+,57-47+. The van der Waals surface area contributed by atoms with Crippen LogP contribution in [-0.4, -0.2) is 126 Å². The number of anilines is 1. The zero-order valence-corrected chi connectivity index (χ0v) is 42.7. The molecule has 0 aromatic heterocycles. The van der Waals surface area contributed by atoms with Crippen LogP contribution in [0, 0.1) is 23.7 Å². The lowest BCUT2D eigenvalue weighted by molar-refractivity contribution is -0.342. The Labute approximate surface area is 414 Å². The fourth-order valence-corrected chi connectivity index (χ4v) is 12.0. The molecule has 15 heteroatoms. The highest BCUT2D eigenvalue weighted by Crippen LogP contribution is 2.48. The lowest BCUT2D eigenvalue weighted by Gasteiger charge is -2.51. The number of carbonyl (C=O) groups is 2. The first kappa shape index (κ1) is 52.5. The number of methoxy groups -OCH3 is 1. The van der Waals surface area contributed by atoms with Crippen molar-refractivity contribution in [3.63, 3.8) is 0 Å². The van der Waals surface area contributed by atoms with Gasteiger partial charge in [0.15, 0.2) is 12.1 Å². The molecule has 2 bridgehead atoms. The Morgan fingerprint density at radius 1 is 1.00 bits per heavy atom. The van der Waals surface area contributed by atoms with Gasteiger partial charge in [0.2, 0.25) is 0 Å². The fourth-order valence-electron chi connectivity index (χ4n) is 12.0. The molecule has 14 unspecified atom stereocenters. The largest absolute Gasteiger partial charge is 0.462 e. The number of nitrogens with one attached hydrogen (secondary N) is 1. The number of nitrogens with zero attached hydrogens (tertiary/aromatic N) is 2. The van der Waals surface area contributed by atoms with E-state index in [1.54, 1.807) is 26.2 Å². The number of carbonyl (C=O) groups excluding carboxylic acids is 2. The molecule has 386 valence electrons. The zero-order valence-electron chi connectivity index (χ0n) is 42.7. The molecule has 1 aromatic carbocycles. The fraction of sp³-hybridized carbons (Fsp3) is 0.691. The summed E-state index contributed by atoms with van der Waals surface area (Å²) in [5, 5.41) is 30.9. The third kappa shape index (κ3) is 11.7. The van der Waals surface area contributed by atoms with Crippen molar-refractivity contribution in [3.8, 4) is 0 Å². The minimum Gasteiger partial charge on any atom is -0.462 e. The van der Waals surface area contributed by atoms with Gasteiger partial charge in [0.25, 0.3) is 0 Å². The summed E-state index contributed by atoms with van der Waals surface area (Å²) in [5.41, 5.74) is 1.82. The third-order valence-electron chi connectivity index (χ3n) is 16.2. The lowest BCUT2D eigenvalue weighted by Crippen LogP contribution is -2.58. The molecule has 5 heterocycles. The van der Waals surface area contributed by atoms with Crippen LogP contribution in [0.4, 0.5) is 10.5 Å². The molecule has 0 radical (unpaired) electrons. The van der Waals surface area contributed by atoms with Crippen molar-refractivity contribution in [2.45, 2.75) is 192 Å². The van der Waals surface area contributed by atoms with Crippen molar-refractivity contribution >= 4 is 23.5 Å². The smallest absolute Gasteiger partial charge is 0.437 e. The number of amides is 1. The Morgan fingerprint density at radius 3 is 2.49 bits per heavy atom. The van der Waals surface area contributed by atoms with Crippen molar-refractivity contribution in [3.05, 3.63) is 76.9 Å². The predicted molar refractivity (Wildman–Crippen MR) is 264 cm³/mol. The number of fused-ring (bicyclic) bond motifs is 2. The van der Waals surface area contributed by atoms with Crippen molar-refractivity contribution in [2.75, 3.05) is 32.1 Å². The van der Waals surface area contributed by atoms with Crippen LogP contribution in [0.3, 0.4) is 0 Å². The average Bonchev–Trinajstić information content (AvgIpc) is 3.69. The SMILES string of the molecule is CCN(CC)Cc1ccc(NC(=O)O/N=C2\C(C)=CC3C(=O)OC4CC(C/C=C(\C)C(OC5CC(OC)C(O)C(C)O5)C(C)/C=C/C=C5\COC2C53O)OC2(CCC(C)C(C3CCCCC3)O2)C4)cc1. The molecule has 7 aliphatic rings. The second-order valence-electron chi connectivity index (χ2n) is 21.1. The summed E-state index contributed by atoms with van der Waals surface area (Å²) in [6, 6.07) is 7.56. The number of hydrogen-bond acceptors (Lipinski definition) is 14. The van der Waals surface area contributed by atoms with Crippen molar-refractivity contribution in [2.24, 2.45) is 28.8 Å². The van der Waals surface area contributed by atoms with E-state index in [2.05, 4.69) is 49.1 Å². The van der Waals surface area contributed by atoms with Gasteiger partial charge in [0, 0.05) is 50.9 Å². The number of hydrogen-bond donors (Lipinski definition) is 3. The van der Waals surface area contributed by atoms with Crippen LogP contribution >= 0.6 is 0 Å². The number of esters is 1. The summed E-state index contributed by atoms with van der Waals surface area (Å²) >= 11 is 0. The van der Waals surface area contributed by atoms with E-state index < -0.39 is 72.3 Å². The predicted octanol–water partition coefficient (Wildman–Crippen LogP) is 8.69. The summed E-state index contributed by atoms with van der Waals surface area (Å²) in [5.74, 6) is -2.11. The van der Waals surface area contributed by atoms with Gasteiger partial charge in [-0.2, -0.15) is 0 Å². The normalized spacial score (nSPS) is 40.1. The molecular weight excluding hydrogens is 895 g/mol. The first-order valence-corrected chi connectivity index (χ1v) is 26.2. The number of benzene rings is 1. The molecule has 70 heavy (non-hydrogen) atoms. The van der Waals surface area contributed by atoms with Crippen LogP contribution in [0.15, 0.2) is 76.5 Å². The molecule has 2 aliphatic carbocycles. The average molecular weight is 974 g/mol. The van der Waals surface area contributed by atoms with Gasteiger partial charge in [-0.1, -0.05) is 94.6 Å². The summed E-state index contributed by atoms with van der Waals surface area (Å²) in [7, 11) is 1.58. The summed E-state index contributed by atoms with van der Waals surface area (Å²) in [6.07, 6.45) is 12.9. The van der Waals surface area contributed by atoms with Crippen LogP contribution in [0.2, 0.25) is 0 Å². The number of allylic oxidation sites excluding steroid dienone is 2. The van der Waals surface area contributed by atoms with Gasteiger partial charge in [-0.3, -0.25) is 19.8 Å². The Balaban J connectivity index is 1.10. The second-order valence-corrected chi connectivity index (χ2v) is 21.1. The lowest BCUT2D eigenvalue weighted by atomic mass is 9.71. The maximum atomic E-state index is 14.9. The first-order valence-electron chi connectivity index (χ1n) is 26.2. The van der Waals surface area contributed by atoms with Crippen LogP contribution in [0.25, 0.3) is 0 Å². The Bertz CT molecular complexity index is 2130. The molecule has 1 aromatic rings. The first-order chi connectivity index (χ1) is 33.6. The maximum Gasteiger partial charge on any atom is 0.437 e. The Morgan fingerprint density at radius 2 is 1.76 bits per heavy atom. The van der Waals surface area contributed by atoms with Crippen molar-refractivity contribution in [1.82, 2.24) is 4.90 Å². The van der Waals surface area contributed by atoms with Crippen LogP contribution in [-0.2, 0) is 49.3 Å². The number of rotatable bonds is 10. The van der Waals surface area contributed by atoms with Gasteiger partial charge in [-0.25, -0.2) is 4.79 Å². The van der Waals surface area contributed by atoms with Gasteiger partial charge < -0.3 is 43.4 Å². The van der Waals surface area contributed by atoms with E-state index in [0.29, 0.717) is 60.8 Å². The van der Waals surface area contributed by atoms with E-state index in [0.717, 1.165) is 50.0 Å². The quantitative estimate of drug-likeness (QED) is 0.0880. The van der Waals surface area contributed by atoms with E-state index in [1.807, 2.05) is 50.3 Å². The highest BCUT2D eigenvalue weighted by atomic mass is 16.7. The van der Waals surface area contributed by atoms with Crippen molar-refractivity contribution in [1.29, 1.82) is 0 Å². The van der Waals surface area contributed by atoms with Gasteiger partial charge in [0.1, 0.15) is 35.5 Å². The molecule has 1 spiro atoms. The molecular formula is C55H79N3O12. The van der Waals surface area contributed by atoms with E-state index in [-0.39, 0.29) is 30.4 Å².